The highest BCUT2D eigenvalue weighted by atomic mass is 79.9. The predicted molar refractivity (Wildman–Crippen MR) is 107 cm³/mol. The highest BCUT2D eigenvalue weighted by Crippen LogP contribution is 2.61. The monoisotopic (exact) mass is 434 g/mol. The zero-order valence-electron chi connectivity index (χ0n) is 14.4. The maximum Gasteiger partial charge on any atom is 0.162 e. The predicted octanol–water partition coefficient (Wildman–Crippen LogP) is 4.64. The molecule has 2 N–H and O–H groups in total. The van der Waals surface area contributed by atoms with Crippen LogP contribution in [0, 0.1) is 0 Å². The fourth-order valence-electron chi connectivity index (χ4n) is 3.35. The Kier molecular flexibility index (Phi) is 4.97. The molecule has 0 saturated heterocycles. The summed E-state index contributed by atoms with van der Waals surface area (Å²) in [6.45, 7) is 1.55. The third-order valence-corrected chi connectivity index (χ3v) is 5.51. The molecule has 0 bridgehead atoms. The second-order valence-electron chi connectivity index (χ2n) is 6.51. The summed E-state index contributed by atoms with van der Waals surface area (Å²) in [5.41, 5.74) is 7.08. The summed E-state index contributed by atoms with van der Waals surface area (Å²) in [5, 5.41) is 3.78. The van der Waals surface area contributed by atoms with Gasteiger partial charge in [-0.2, -0.15) is 0 Å². The van der Waals surface area contributed by atoms with Gasteiger partial charge in [0.15, 0.2) is 5.60 Å². The molecule has 1 unspecified atom stereocenters. The van der Waals surface area contributed by atoms with Gasteiger partial charge in [0.05, 0.1) is 12.3 Å². The highest BCUT2D eigenvalue weighted by Gasteiger charge is 2.58. The van der Waals surface area contributed by atoms with Crippen molar-refractivity contribution < 1.29 is 9.57 Å². The van der Waals surface area contributed by atoms with Crippen LogP contribution in [0.3, 0.4) is 0 Å². The van der Waals surface area contributed by atoms with Gasteiger partial charge < -0.3 is 10.1 Å². The van der Waals surface area contributed by atoms with Gasteiger partial charge in [-0.15, -0.1) is 0 Å². The lowest BCUT2D eigenvalue weighted by molar-refractivity contribution is 0.0748. The zero-order valence-corrected chi connectivity index (χ0v) is 16.8. The van der Waals surface area contributed by atoms with Crippen molar-refractivity contribution in [1.82, 2.24) is 10.8 Å². The molecule has 2 aliphatic rings. The van der Waals surface area contributed by atoms with Crippen LogP contribution in [0.1, 0.15) is 24.0 Å². The zero-order chi connectivity index (χ0) is 18.1. The number of halogens is 2. The molecule has 2 aromatic rings. The lowest BCUT2D eigenvalue weighted by Crippen LogP contribution is -2.25. The molecule has 136 valence electrons. The molecular weight excluding hydrogens is 416 g/mol. The first-order valence-electron chi connectivity index (χ1n) is 8.65. The molecule has 1 heterocycles. The van der Waals surface area contributed by atoms with E-state index in [-0.39, 0.29) is 0 Å². The standard InChI is InChI=1S/C20H20BrClN2O2/c1-23-9-2-10-25-24-19-16-8-7-15(22)11-18(16)26-20(12-17(19)20)13-3-5-14(21)6-4-13/h3-8,11,23-24H,2,9-10,12H2,1H3. The number of ether oxygens (including phenoxy) is 1. The van der Waals surface area contributed by atoms with Crippen molar-refractivity contribution in [2.75, 3.05) is 20.2 Å². The van der Waals surface area contributed by atoms with E-state index in [4.69, 9.17) is 21.2 Å². The minimum absolute atomic E-state index is 0.422. The van der Waals surface area contributed by atoms with Crippen molar-refractivity contribution in [2.24, 2.45) is 0 Å². The second kappa shape index (κ2) is 7.24. The molecule has 2 aromatic carbocycles. The Bertz CT molecular complexity index is 853. The number of rotatable bonds is 7. The molecule has 0 spiro atoms. The van der Waals surface area contributed by atoms with Crippen LogP contribution >= 0.6 is 27.5 Å². The molecule has 1 aliphatic heterocycles. The third kappa shape index (κ3) is 3.25. The molecular formula is C20H20BrClN2O2. The minimum Gasteiger partial charge on any atom is -0.477 e. The first-order valence-corrected chi connectivity index (χ1v) is 9.82. The van der Waals surface area contributed by atoms with E-state index in [0.717, 1.165) is 46.4 Å². The Morgan fingerprint density at radius 3 is 2.81 bits per heavy atom. The fraction of sp³-hybridized carbons (Fsp3) is 0.300. The van der Waals surface area contributed by atoms with E-state index in [1.165, 1.54) is 5.57 Å². The number of hydrogen-bond acceptors (Lipinski definition) is 4. The molecule has 0 aromatic heterocycles. The SMILES string of the molecule is CNCCCONC1=C2CC2(c2ccc(Br)cc2)Oc2cc(Cl)ccc21. The molecule has 26 heavy (non-hydrogen) atoms. The van der Waals surface area contributed by atoms with E-state index in [9.17, 15) is 0 Å². The quantitative estimate of drug-likeness (QED) is 0.491. The van der Waals surface area contributed by atoms with Crippen molar-refractivity contribution in [3.05, 3.63) is 68.7 Å². The van der Waals surface area contributed by atoms with E-state index >= 15 is 0 Å². The maximum absolute atomic E-state index is 6.41. The summed E-state index contributed by atoms with van der Waals surface area (Å²) >= 11 is 9.69. The van der Waals surface area contributed by atoms with Crippen molar-refractivity contribution in [1.29, 1.82) is 0 Å². The van der Waals surface area contributed by atoms with Gasteiger partial charge in [-0.1, -0.05) is 39.7 Å². The van der Waals surface area contributed by atoms with Crippen molar-refractivity contribution in [3.63, 3.8) is 0 Å². The molecule has 0 radical (unpaired) electrons. The van der Waals surface area contributed by atoms with Gasteiger partial charge in [0.2, 0.25) is 0 Å². The first kappa shape index (κ1) is 17.9. The number of benzene rings is 2. The topological polar surface area (TPSA) is 42.5 Å². The molecule has 4 nitrogen and oxygen atoms in total. The molecule has 6 heteroatoms. The van der Waals surface area contributed by atoms with Gasteiger partial charge in [-0.25, -0.2) is 0 Å². The smallest absolute Gasteiger partial charge is 0.162 e. The minimum atomic E-state index is -0.422. The average molecular weight is 436 g/mol. The molecule has 1 atom stereocenters. The van der Waals surface area contributed by atoms with Crippen LogP contribution in [0.15, 0.2) is 52.5 Å². The molecule has 0 amide bonds. The van der Waals surface area contributed by atoms with E-state index in [0.29, 0.717) is 11.6 Å². The van der Waals surface area contributed by atoms with E-state index < -0.39 is 5.60 Å². The highest BCUT2D eigenvalue weighted by molar-refractivity contribution is 9.10. The summed E-state index contributed by atoms with van der Waals surface area (Å²) in [7, 11) is 1.94. The summed E-state index contributed by atoms with van der Waals surface area (Å²) in [4.78, 5) is 5.72. The van der Waals surface area contributed by atoms with Crippen LogP contribution in [0.5, 0.6) is 5.75 Å². The molecule has 1 saturated carbocycles. The summed E-state index contributed by atoms with van der Waals surface area (Å²) in [6, 6.07) is 14.0. The Hall–Kier alpha value is -1.53. The van der Waals surface area contributed by atoms with E-state index in [1.54, 1.807) is 0 Å². The fourth-order valence-corrected chi connectivity index (χ4v) is 3.77. The van der Waals surface area contributed by atoms with Crippen molar-refractivity contribution in [2.45, 2.75) is 18.4 Å². The second-order valence-corrected chi connectivity index (χ2v) is 7.87. The van der Waals surface area contributed by atoms with Crippen LogP contribution < -0.4 is 15.5 Å². The van der Waals surface area contributed by atoms with E-state index in [2.05, 4.69) is 38.9 Å². The molecule has 4 rings (SSSR count). The van der Waals surface area contributed by atoms with Crippen LogP contribution in [-0.4, -0.2) is 20.2 Å². The molecule has 1 aliphatic carbocycles. The van der Waals surface area contributed by atoms with Gasteiger partial charge >= 0.3 is 0 Å². The summed E-state index contributed by atoms with van der Waals surface area (Å²) in [6.07, 6.45) is 1.77. The van der Waals surface area contributed by atoms with Crippen molar-refractivity contribution >= 4 is 33.2 Å². The Morgan fingerprint density at radius 2 is 2.04 bits per heavy atom. The largest absolute Gasteiger partial charge is 0.477 e. The van der Waals surface area contributed by atoms with Crippen molar-refractivity contribution in [3.8, 4) is 5.75 Å². The lowest BCUT2D eigenvalue weighted by atomic mass is 10.0. The Balaban J connectivity index is 1.65. The third-order valence-electron chi connectivity index (χ3n) is 4.75. The van der Waals surface area contributed by atoms with Crippen LogP contribution in [0.25, 0.3) is 5.70 Å². The summed E-state index contributed by atoms with van der Waals surface area (Å²) < 4.78 is 7.46. The number of hydrogen-bond donors (Lipinski definition) is 2. The number of fused-ring (bicyclic) bond motifs is 2. The average Bonchev–Trinajstić information content (AvgIpc) is 3.36. The number of nitrogens with one attached hydrogen (secondary N) is 2. The van der Waals surface area contributed by atoms with Gasteiger partial charge in [0.25, 0.3) is 0 Å². The first-order chi connectivity index (χ1) is 12.6. The van der Waals surface area contributed by atoms with Gasteiger partial charge in [0, 0.05) is 32.6 Å². The van der Waals surface area contributed by atoms with Gasteiger partial charge in [-0.3, -0.25) is 10.3 Å². The van der Waals surface area contributed by atoms with Crippen LogP contribution in [0.4, 0.5) is 0 Å². The Labute approximate surface area is 166 Å². The lowest BCUT2D eigenvalue weighted by Gasteiger charge is -2.26. The normalized spacial score (nSPS) is 20.3. The van der Waals surface area contributed by atoms with E-state index in [1.807, 2.05) is 37.4 Å². The van der Waals surface area contributed by atoms with Gasteiger partial charge in [-0.05, 0) is 50.3 Å². The maximum atomic E-state index is 6.41. The Morgan fingerprint density at radius 1 is 1.23 bits per heavy atom. The molecule has 1 fully saturated rings. The number of hydroxylamine groups is 1. The van der Waals surface area contributed by atoms with Crippen LogP contribution in [0.2, 0.25) is 5.02 Å². The van der Waals surface area contributed by atoms with Crippen LogP contribution in [-0.2, 0) is 10.4 Å². The van der Waals surface area contributed by atoms with Gasteiger partial charge in [0.1, 0.15) is 5.75 Å². The summed E-state index contributed by atoms with van der Waals surface area (Å²) in [5.74, 6) is 0.781.